The Kier molecular flexibility index (Phi) is 12.1. The zero-order valence-corrected chi connectivity index (χ0v) is 15.6. The van der Waals surface area contributed by atoms with E-state index in [1.807, 2.05) is 0 Å². The quantitative estimate of drug-likeness (QED) is 0.464. The third kappa shape index (κ3) is 11.2. The van der Waals surface area contributed by atoms with E-state index in [0.717, 1.165) is 25.3 Å². The summed E-state index contributed by atoms with van der Waals surface area (Å²) in [5.74, 6) is -2.03. The summed E-state index contributed by atoms with van der Waals surface area (Å²) in [6.07, 6.45) is 3.41. The number of benzene rings is 1. The summed E-state index contributed by atoms with van der Waals surface area (Å²) in [7, 11) is 0. The van der Waals surface area contributed by atoms with Crippen molar-refractivity contribution < 1.29 is 24.5 Å². The molecule has 0 saturated heterocycles. The molecular formula is C19H31NO5. The molecule has 0 spiro atoms. The predicted molar refractivity (Wildman–Crippen MR) is 98.3 cm³/mol. The summed E-state index contributed by atoms with van der Waals surface area (Å²) in [4.78, 5) is 18.2. The van der Waals surface area contributed by atoms with Gasteiger partial charge in [0, 0.05) is 6.04 Å². The van der Waals surface area contributed by atoms with Gasteiger partial charge in [-0.3, -0.25) is 0 Å². The minimum Gasteiger partial charge on any atom is -0.494 e. The number of rotatable bonds is 9. The molecule has 2 unspecified atom stereocenters. The van der Waals surface area contributed by atoms with Gasteiger partial charge < -0.3 is 20.3 Å². The van der Waals surface area contributed by atoms with Gasteiger partial charge in [-0.05, 0) is 56.3 Å². The Morgan fingerprint density at radius 3 is 2.04 bits per heavy atom. The number of carbonyl (C=O) groups is 2. The van der Waals surface area contributed by atoms with E-state index >= 15 is 0 Å². The van der Waals surface area contributed by atoms with Crippen molar-refractivity contribution in [3.05, 3.63) is 29.8 Å². The Morgan fingerprint density at radius 2 is 1.60 bits per heavy atom. The van der Waals surface area contributed by atoms with Crippen molar-refractivity contribution in [3.8, 4) is 5.75 Å². The fourth-order valence-electron chi connectivity index (χ4n) is 1.88. The molecule has 6 heteroatoms. The standard InChI is InChI=1S/C17H29NO.C2H2O4/c1-5-14(3)16-8-10-17(11-9-16)19-13-7-12-18-15(4)6-2;3-1(4)2(5)6/h8-11,14-15,18H,5-7,12-13H2,1-4H3;(H,3,4)(H,5,6). The number of hydrogen-bond donors (Lipinski definition) is 3. The number of ether oxygens (including phenoxy) is 1. The Balaban J connectivity index is 0.000000823. The molecule has 0 radical (unpaired) electrons. The highest BCUT2D eigenvalue weighted by atomic mass is 16.5. The lowest BCUT2D eigenvalue weighted by molar-refractivity contribution is -0.159. The van der Waals surface area contributed by atoms with E-state index in [0.29, 0.717) is 12.0 Å². The summed E-state index contributed by atoms with van der Waals surface area (Å²) < 4.78 is 5.75. The van der Waals surface area contributed by atoms with Crippen LogP contribution in [0.3, 0.4) is 0 Å². The Hall–Kier alpha value is -2.08. The van der Waals surface area contributed by atoms with Gasteiger partial charge in [0.05, 0.1) is 6.61 Å². The third-order valence-electron chi connectivity index (χ3n) is 3.94. The molecule has 0 fully saturated rings. The van der Waals surface area contributed by atoms with Crippen molar-refractivity contribution in [2.24, 2.45) is 0 Å². The van der Waals surface area contributed by atoms with Crippen LogP contribution in [-0.2, 0) is 9.59 Å². The van der Waals surface area contributed by atoms with E-state index in [9.17, 15) is 0 Å². The smallest absolute Gasteiger partial charge is 0.414 e. The predicted octanol–water partition coefficient (Wildman–Crippen LogP) is 3.51. The Morgan fingerprint density at radius 1 is 1.04 bits per heavy atom. The van der Waals surface area contributed by atoms with Crippen molar-refractivity contribution >= 4 is 11.9 Å². The van der Waals surface area contributed by atoms with Crippen LogP contribution >= 0.6 is 0 Å². The first kappa shape index (κ1) is 22.9. The fraction of sp³-hybridized carbons (Fsp3) is 0.579. The summed E-state index contributed by atoms with van der Waals surface area (Å²) >= 11 is 0. The van der Waals surface area contributed by atoms with Crippen LogP contribution in [0.15, 0.2) is 24.3 Å². The maximum absolute atomic E-state index is 9.10. The minimum atomic E-state index is -1.82. The Bertz CT molecular complexity index is 489. The first-order valence-electron chi connectivity index (χ1n) is 8.74. The van der Waals surface area contributed by atoms with Crippen LogP contribution in [0.2, 0.25) is 0 Å². The van der Waals surface area contributed by atoms with Gasteiger partial charge >= 0.3 is 11.9 Å². The number of carboxylic acids is 2. The molecular weight excluding hydrogens is 322 g/mol. The Labute approximate surface area is 150 Å². The summed E-state index contributed by atoms with van der Waals surface area (Å²) in [6, 6.07) is 9.14. The third-order valence-corrected chi connectivity index (χ3v) is 3.94. The van der Waals surface area contributed by atoms with Gasteiger partial charge in [-0.25, -0.2) is 9.59 Å². The number of carboxylic acid groups (broad SMARTS) is 2. The van der Waals surface area contributed by atoms with Crippen LogP contribution in [0.25, 0.3) is 0 Å². The van der Waals surface area contributed by atoms with Crippen molar-refractivity contribution in [1.29, 1.82) is 0 Å². The van der Waals surface area contributed by atoms with E-state index in [2.05, 4.69) is 57.3 Å². The monoisotopic (exact) mass is 353 g/mol. The highest BCUT2D eigenvalue weighted by molar-refractivity contribution is 6.27. The van der Waals surface area contributed by atoms with Crippen LogP contribution in [0, 0.1) is 0 Å². The lowest BCUT2D eigenvalue weighted by Crippen LogP contribution is -2.27. The van der Waals surface area contributed by atoms with Gasteiger partial charge in [0.25, 0.3) is 0 Å². The molecule has 6 nitrogen and oxygen atoms in total. The van der Waals surface area contributed by atoms with Gasteiger partial charge in [0.2, 0.25) is 0 Å². The molecule has 0 heterocycles. The largest absolute Gasteiger partial charge is 0.494 e. The van der Waals surface area contributed by atoms with Gasteiger partial charge in [-0.1, -0.05) is 32.9 Å². The van der Waals surface area contributed by atoms with Crippen molar-refractivity contribution in [1.82, 2.24) is 5.32 Å². The molecule has 2 atom stereocenters. The average molecular weight is 353 g/mol. The molecule has 0 aliphatic carbocycles. The zero-order valence-electron chi connectivity index (χ0n) is 15.6. The number of nitrogens with one attached hydrogen (secondary N) is 1. The normalized spacial score (nSPS) is 12.5. The van der Waals surface area contributed by atoms with E-state index in [1.165, 1.54) is 18.4 Å². The maximum atomic E-state index is 9.10. The zero-order chi connectivity index (χ0) is 19.2. The fourth-order valence-corrected chi connectivity index (χ4v) is 1.88. The summed E-state index contributed by atoms with van der Waals surface area (Å²) in [5, 5.41) is 18.3. The minimum absolute atomic E-state index is 0.606. The number of aliphatic carboxylic acids is 2. The highest BCUT2D eigenvalue weighted by Crippen LogP contribution is 2.21. The molecule has 1 rings (SSSR count). The summed E-state index contributed by atoms with van der Waals surface area (Å²) in [5.41, 5.74) is 1.40. The van der Waals surface area contributed by atoms with Crippen LogP contribution in [0.4, 0.5) is 0 Å². The van der Waals surface area contributed by atoms with E-state index < -0.39 is 11.9 Å². The van der Waals surface area contributed by atoms with Crippen LogP contribution < -0.4 is 10.1 Å². The first-order valence-corrected chi connectivity index (χ1v) is 8.74. The van der Waals surface area contributed by atoms with Gasteiger partial charge in [-0.15, -0.1) is 0 Å². The molecule has 142 valence electrons. The van der Waals surface area contributed by atoms with Gasteiger partial charge in [-0.2, -0.15) is 0 Å². The average Bonchev–Trinajstić information content (AvgIpc) is 2.61. The van der Waals surface area contributed by atoms with Crippen LogP contribution in [0.5, 0.6) is 5.75 Å². The van der Waals surface area contributed by atoms with E-state index in [-0.39, 0.29) is 0 Å². The molecule has 1 aromatic rings. The molecule has 0 bridgehead atoms. The van der Waals surface area contributed by atoms with Crippen molar-refractivity contribution in [2.45, 2.75) is 58.9 Å². The lowest BCUT2D eigenvalue weighted by atomic mass is 9.99. The van der Waals surface area contributed by atoms with Crippen molar-refractivity contribution in [2.75, 3.05) is 13.2 Å². The van der Waals surface area contributed by atoms with Crippen LogP contribution in [-0.4, -0.2) is 41.3 Å². The van der Waals surface area contributed by atoms with E-state index in [1.54, 1.807) is 0 Å². The molecule has 0 aromatic heterocycles. The molecule has 0 aliphatic heterocycles. The molecule has 0 aliphatic rings. The molecule has 0 amide bonds. The van der Waals surface area contributed by atoms with Gasteiger partial charge in [0.15, 0.2) is 0 Å². The molecule has 1 aromatic carbocycles. The SMILES string of the molecule is CCC(C)NCCCOc1ccc(C(C)CC)cc1.O=C(O)C(=O)O. The van der Waals surface area contributed by atoms with Gasteiger partial charge in [0.1, 0.15) is 5.75 Å². The second-order valence-electron chi connectivity index (χ2n) is 5.95. The molecule has 25 heavy (non-hydrogen) atoms. The van der Waals surface area contributed by atoms with Crippen molar-refractivity contribution in [3.63, 3.8) is 0 Å². The second kappa shape index (κ2) is 13.2. The maximum Gasteiger partial charge on any atom is 0.414 e. The first-order chi connectivity index (χ1) is 11.8. The molecule has 3 N–H and O–H groups in total. The number of hydrogen-bond acceptors (Lipinski definition) is 4. The van der Waals surface area contributed by atoms with Crippen LogP contribution in [0.1, 0.15) is 58.4 Å². The highest BCUT2D eigenvalue weighted by Gasteiger charge is 2.04. The molecule has 0 saturated carbocycles. The second-order valence-corrected chi connectivity index (χ2v) is 5.95. The van der Waals surface area contributed by atoms with E-state index in [4.69, 9.17) is 24.5 Å². The lowest BCUT2D eigenvalue weighted by Gasteiger charge is -2.12. The summed E-state index contributed by atoms with van der Waals surface area (Å²) in [6.45, 7) is 10.7. The topological polar surface area (TPSA) is 95.9 Å².